The lowest BCUT2D eigenvalue weighted by Gasteiger charge is -2.36. The molecule has 0 radical (unpaired) electrons. The number of ether oxygens (including phenoxy) is 1. The normalized spacial score (nSPS) is 28.3. The molecule has 1 N–H and O–H groups in total. The van der Waals surface area contributed by atoms with E-state index in [4.69, 9.17) is 4.74 Å². The topological polar surface area (TPSA) is 80.2 Å². The van der Waals surface area contributed by atoms with Gasteiger partial charge in [-0.1, -0.05) is 25.6 Å². The van der Waals surface area contributed by atoms with Crippen LogP contribution in [0.25, 0.3) is 0 Å². The van der Waals surface area contributed by atoms with Crippen LogP contribution in [0.15, 0.2) is 9.95 Å². The molecule has 4 unspecified atom stereocenters. The average Bonchev–Trinajstić information content (AvgIpc) is 3.18. The number of thioether (sulfide) groups is 1. The van der Waals surface area contributed by atoms with E-state index in [0.717, 1.165) is 32.5 Å². The Labute approximate surface area is 152 Å². The molecule has 2 fully saturated rings. The van der Waals surface area contributed by atoms with Gasteiger partial charge in [-0.3, -0.25) is 9.36 Å². The second kappa shape index (κ2) is 7.95. The van der Waals surface area contributed by atoms with Gasteiger partial charge in [-0.15, -0.1) is 5.10 Å². The molecule has 0 aliphatic carbocycles. The summed E-state index contributed by atoms with van der Waals surface area (Å²) in [6, 6.07) is 0. The van der Waals surface area contributed by atoms with Crippen molar-refractivity contribution in [3.05, 3.63) is 10.5 Å². The van der Waals surface area contributed by atoms with E-state index in [2.05, 4.69) is 24.0 Å². The van der Waals surface area contributed by atoms with Crippen LogP contribution in [0.3, 0.4) is 0 Å². The van der Waals surface area contributed by atoms with E-state index in [1.807, 2.05) is 11.8 Å². The predicted octanol–water partition coefficient (Wildman–Crippen LogP) is 1.74. The number of aromatic nitrogens is 3. The van der Waals surface area contributed by atoms with Gasteiger partial charge >= 0.3 is 5.69 Å². The van der Waals surface area contributed by atoms with E-state index in [1.54, 1.807) is 4.57 Å². The van der Waals surface area contributed by atoms with Crippen molar-refractivity contribution in [2.24, 2.45) is 11.8 Å². The fourth-order valence-electron chi connectivity index (χ4n) is 3.85. The SMILES string of the molecule is CC1CC(C)CN(C(=O)C(C)Sc2n[nH]c(=O)n2CC2CCCO2)C1. The van der Waals surface area contributed by atoms with E-state index in [9.17, 15) is 9.59 Å². The minimum Gasteiger partial charge on any atom is -0.376 e. The Morgan fingerprint density at radius 1 is 1.40 bits per heavy atom. The van der Waals surface area contributed by atoms with Crippen LogP contribution >= 0.6 is 11.8 Å². The lowest BCUT2D eigenvalue weighted by Crippen LogP contribution is -2.45. The summed E-state index contributed by atoms with van der Waals surface area (Å²) in [7, 11) is 0. The highest BCUT2D eigenvalue weighted by Crippen LogP contribution is 2.26. The standard InChI is InChI=1S/C17H28N4O3S/c1-11-7-12(2)9-20(8-11)15(22)13(3)25-17-19-18-16(23)21(17)10-14-5-4-6-24-14/h11-14H,4-10H2,1-3H3,(H,18,23). The van der Waals surface area contributed by atoms with Gasteiger partial charge in [0.25, 0.3) is 0 Å². The number of piperidine rings is 1. The van der Waals surface area contributed by atoms with Crippen LogP contribution in [0, 0.1) is 11.8 Å². The number of hydrogen-bond acceptors (Lipinski definition) is 5. The number of amides is 1. The number of rotatable bonds is 5. The molecule has 0 aromatic carbocycles. The van der Waals surface area contributed by atoms with Gasteiger partial charge in [0.2, 0.25) is 5.91 Å². The molecule has 1 aromatic heterocycles. The number of likely N-dealkylation sites (tertiary alicyclic amines) is 1. The fraction of sp³-hybridized carbons (Fsp3) is 0.824. The number of H-pyrrole nitrogens is 1. The third-order valence-electron chi connectivity index (χ3n) is 4.94. The first-order chi connectivity index (χ1) is 11.9. The quantitative estimate of drug-likeness (QED) is 0.801. The van der Waals surface area contributed by atoms with Crippen molar-refractivity contribution in [3.63, 3.8) is 0 Å². The van der Waals surface area contributed by atoms with Gasteiger partial charge in [0.05, 0.1) is 17.9 Å². The number of hydrogen-bond donors (Lipinski definition) is 1. The molecule has 8 heteroatoms. The average molecular weight is 369 g/mol. The van der Waals surface area contributed by atoms with Gasteiger partial charge in [0, 0.05) is 19.7 Å². The van der Waals surface area contributed by atoms with Crippen molar-refractivity contribution in [2.75, 3.05) is 19.7 Å². The highest BCUT2D eigenvalue weighted by atomic mass is 32.2. The highest BCUT2D eigenvalue weighted by Gasteiger charge is 2.30. The summed E-state index contributed by atoms with van der Waals surface area (Å²) in [5, 5.41) is 6.92. The monoisotopic (exact) mass is 368 g/mol. The number of nitrogens with zero attached hydrogens (tertiary/aromatic N) is 3. The Morgan fingerprint density at radius 3 is 2.76 bits per heavy atom. The molecular weight excluding hydrogens is 340 g/mol. The highest BCUT2D eigenvalue weighted by molar-refractivity contribution is 8.00. The van der Waals surface area contributed by atoms with E-state index in [0.29, 0.717) is 23.5 Å². The van der Waals surface area contributed by atoms with Crippen LogP contribution in [0.1, 0.15) is 40.0 Å². The second-order valence-electron chi connectivity index (χ2n) is 7.51. The first-order valence-electron chi connectivity index (χ1n) is 9.16. The number of carbonyl (C=O) groups is 1. The minimum absolute atomic E-state index is 0.0597. The molecule has 2 saturated heterocycles. The summed E-state index contributed by atoms with van der Waals surface area (Å²) in [5.74, 6) is 1.20. The minimum atomic E-state index is -0.268. The van der Waals surface area contributed by atoms with Crippen molar-refractivity contribution >= 4 is 17.7 Å². The Morgan fingerprint density at radius 2 is 2.12 bits per heavy atom. The molecule has 2 aliphatic rings. The third-order valence-corrected chi connectivity index (χ3v) is 6.02. The van der Waals surface area contributed by atoms with Gasteiger partial charge in [0.15, 0.2) is 5.16 Å². The van der Waals surface area contributed by atoms with E-state index in [-0.39, 0.29) is 23.0 Å². The van der Waals surface area contributed by atoms with E-state index in [1.165, 1.54) is 18.2 Å². The van der Waals surface area contributed by atoms with E-state index < -0.39 is 0 Å². The number of aromatic amines is 1. The maximum Gasteiger partial charge on any atom is 0.344 e. The third kappa shape index (κ3) is 4.47. The van der Waals surface area contributed by atoms with Crippen LogP contribution in [0.2, 0.25) is 0 Å². The van der Waals surface area contributed by atoms with Gasteiger partial charge < -0.3 is 9.64 Å². The molecule has 7 nitrogen and oxygen atoms in total. The molecule has 1 amide bonds. The maximum atomic E-state index is 12.8. The Kier molecular flexibility index (Phi) is 5.89. The molecule has 0 bridgehead atoms. The molecule has 2 aliphatic heterocycles. The smallest absolute Gasteiger partial charge is 0.344 e. The Bertz CT molecular complexity index is 643. The van der Waals surface area contributed by atoms with Gasteiger partial charge in [-0.25, -0.2) is 9.89 Å². The van der Waals surface area contributed by atoms with Crippen LogP contribution in [0.4, 0.5) is 0 Å². The zero-order valence-electron chi connectivity index (χ0n) is 15.2. The maximum absolute atomic E-state index is 12.8. The van der Waals surface area contributed by atoms with E-state index >= 15 is 0 Å². The number of carbonyl (C=O) groups excluding carboxylic acids is 1. The van der Waals surface area contributed by atoms with Crippen molar-refractivity contribution in [1.29, 1.82) is 0 Å². The lowest BCUT2D eigenvalue weighted by molar-refractivity contribution is -0.132. The Balaban J connectivity index is 1.65. The fourth-order valence-corrected chi connectivity index (χ4v) is 4.80. The first kappa shape index (κ1) is 18.5. The lowest BCUT2D eigenvalue weighted by atomic mass is 9.92. The van der Waals surface area contributed by atoms with Crippen LogP contribution in [0.5, 0.6) is 0 Å². The van der Waals surface area contributed by atoms with Crippen molar-refractivity contribution in [3.8, 4) is 0 Å². The summed E-state index contributed by atoms with van der Waals surface area (Å²) < 4.78 is 7.22. The molecule has 1 aromatic rings. The van der Waals surface area contributed by atoms with Gasteiger partial charge in [-0.05, 0) is 38.0 Å². The van der Waals surface area contributed by atoms with Crippen molar-refractivity contribution in [1.82, 2.24) is 19.7 Å². The summed E-state index contributed by atoms with van der Waals surface area (Å²) in [6.45, 7) is 9.17. The predicted molar refractivity (Wildman–Crippen MR) is 96.7 cm³/mol. The molecule has 3 rings (SSSR count). The molecule has 25 heavy (non-hydrogen) atoms. The summed E-state index contributed by atoms with van der Waals surface area (Å²) in [5.41, 5.74) is -0.238. The van der Waals surface area contributed by atoms with Gasteiger partial charge in [0.1, 0.15) is 0 Å². The van der Waals surface area contributed by atoms with Crippen LogP contribution < -0.4 is 5.69 Å². The molecule has 0 spiro atoms. The molecule has 3 heterocycles. The first-order valence-corrected chi connectivity index (χ1v) is 10.0. The summed E-state index contributed by atoms with van der Waals surface area (Å²) in [6.07, 6.45) is 3.22. The van der Waals surface area contributed by atoms with Gasteiger partial charge in [-0.2, -0.15) is 0 Å². The summed E-state index contributed by atoms with van der Waals surface area (Å²) in [4.78, 5) is 26.8. The second-order valence-corrected chi connectivity index (χ2v) is 8.81. The molecule has 4 atom stereocenters. The molecule has 0 saturated carbocycles. The summed E-state index contributed by atoms with van der Waals surface area (Å²) >= 11 is 1.35. The van der Waals surface area contributed by atoms with Crippen LogP contribution in [-0.4, -0.2) is 56.6 Å². The zero-order chi connectivity index (χ0) is 18.0. The largest absolute Gasteiger partial charge is 0.376 e. The zero-order valence-corrected chi connectivity index (χ0v) is 16.1. The molecular formula is C17H28N4O3S. The molecule has 140 valence electrons. The van der Waals surface area contributed by atoms with Crippen LogP contribution in [-0.2, 0) is 16.1 Å². The van der Waals surface area contributed by atoms with Crippen molar-refractivity contribution < 1.29 is 9.53 Å². The Hall–Kier alpha value is -1.28. The number of nitrogens with one attached hydrogen (secondary N) is 1. The van der Waals surface area contributed by atoms with Crippen molar-refractivity contribution in [2.45, 2.75) is 63.1 Å².